The van der Waals surface area contributed by atoms with Gasteiger partial charge in [-0.15, -0.1) is 0 Å². The van der Waals surface area contributed by atoms with Crippen LogP contribution in [0, 0.1) is 11.8 Å². The maximum Gasteiger partial charge on any atom is 0.0522 e. The summed E-state index contributed by atoms with van der Waals surface area (Å²) < 4.78 is 0. The van der Waals surface area contributed by atoms with Gasteiger partial charge >= 0.3 is 0 Å². The third kappa shape index (κ3) is 5.33. The summed E-state index contributed by atoms with van der Waals surface area (Å²) in [5.74, 6) is 1.43. The van der Waals surface area contributed by atoms with E-state index in [1.807, 2.05) is 6.92 Å². The van der Waals surface area contributed by atoms with Crippen LogP contribution in [0.4, 0.5) is 0 Å². The molecule has 1 rings (SSSR count). The van der Waals surface area contributed by atoms with Gasteiger partial charge in [-0.2, -0.15) is 25.3 Å². The van der Waals surface area contributed by atoms with Crippen LogP contribution in [-0.4, -0.2) is 21.7 Å². The molecule has 0 aromatic heterocycles. The van der Waals surface area contributed by atoms with Crippen molar-refractivity contribution in [3.63, 3.8) is 0 Å². The van der Waals surface area contributed by atoms with Gasteiger partial charge < -0.3 is 5.11 Å². The smallest absolute Gasteiger partial charge is 0.0522 e. The van der Waals surface area contributed by atoms with Gasteiger partial charge in [-0.05, 0) is 44.4 Å². The first kappa shape index (κ1) is 14.7. The molecule has 1 fully saturated rings. The predicted molar refractivity (Wildman–Crippen MR) is 77.6 cm³/mol. The van der Waals surface area contributed by atoms with Crippen molar-refractivity contribution in [3.8, 4) is 0 Å². The Labute approximate surface area is 111 Å². The van der Waals surface area contributed by atoms with Crippen LogP contribution in [0.15, 0.2) is 0 Å². The van der Waals surface area contributed by atoms with Gasteiger partial charge in [0.2, 0.25) is 0 Å². The molecule has 0 amide bonds. The van der Waals surface area contributed by atoms with Gasteiger partial charge in [-0.25, -0.2) is 0 Å². The van der Waals surface area contributed by atoms with Gasteiger partial charge in [0.05, 0.1) is 6.10 Å². The van der Waals surface area contributed by atoms with Crippen molar-refractivity contribution in [2.45, 2.75) is 69.0 Å². The first-order chi connectivity index (χ1) is 7.49. The molecule has 0 saturated heterocycles. The van der Waals surface area contributed by atoms with Crippen molar-refractivity contribution in [1.82, 2.24) is 0 Å². The van der Waals surface area contributed by atoms with Crippen LogP contribution in [0.2, 0.25) is 0 Å². The van der Waals surface area contributed by atoms with Gasteiger partial charge in [0, 0.05) is 10.5 Å². The number of thiol groups is 2. The largest absolute Gasteiger partial charge is 0.393 e. The van der Waals surface area contributed by atoms with E-state index in [9.17, 15) is 5.11 Å². The van der Waals surface area contributed by atoms with E-state index in [1.165, 1.54) is 32.1 Å². The lowest BCUT2D eigenvalue weighted by Gasteiger charge is -2.30. The molecule has 16 heavy (non-hydrogen) atoms. The fourth-order valence-corrected chi connectivity index (χ4v) is 3.65. The molecule has 1 aliphatic carbocycles. The third-order valence-corrected chi connectivity index (χ3v) is 4.89. The molecule has 3 heteroatoms. The average Bonchev–Trinajstić information content (AvgIpc) is 2.16. The Morgan fingerprint density at radius 2 is 2.00 bits per heavy atom. The van der Waals surface area contributed by atoms with E-state index in [-0.39, 0.29) is 6.10 Å². The molecule has 1 nitrogen and oxygen atoms in total. The molecule has 0 aliphatic heterocycles. The van der Waals surface area contributed by atoms with E-state index < -0.39 is 0 Å². The molecule has 0 aromatic carbocycles. The number of aliphatic hydroxyl groups is 1. The Morgan fingerprint density at radius 1 is 1.31 bits per heavy atom. The van der Waals surface area contributed by atoms with Crippen molar-refractivity contribution in [1.29, 1.82) is 0 Å². The van der Waals surface area contributed by atoms with Gasteiger partial charge in [0.1, 0.15) is 0 Å². The Bertz CT molecular complexity index is 196. The van der Waals surface area contributed by atoms with Crippen LogP contribution >= 0.6 is 25.3 Å². The minimum Gasteiger partial charge on any atom is -0.393 e. The summed E-state index contributed by atoms with van der Waals surface area (Å²) in [6.45, 7) is 4.11. The van der Waals surface area contributed by atoms with Crippen LogP contribution in [-0.2, 0) is 0 Å². The number of hydrogen-bond donors (Lipinski definition) is 3. The highest BCUT2D eigenvalue weighted by Crippen LogP contribution is 2.34. The lowest BCUT2D eigenvalue weighted by Crippen LogP contribution is -2.23. The molecule has 1 saturated carbocycles. The molecule has 0 spiro atoms. The zero-order valence-electron chi connectivity index (χ0n) is 10.5. The molecule has 96 valence electrons. The Balaban J connectivity index is 2.29. The summed E-state index contributed by atoms with van der Waals surface area (Å²) in [5.41, 5.74) is 0. The van der Waals surface area contributed by atoms with E-state index in [1.54, 1.807) is 0 Å². The fourth-order valence-electron chi connectivity index (χ4n) is 2.74. The number of aliphatic hydroxyl groups excluding tert-OH is 1. The second-order valence-electron chi connectivity index (χ2n) is 5.55. The number of hydrogen-bond acceptors (Lipinski definition) is 3. The molecule has 0 bridgehead atoms. The van der Waals surface area contributed by atoms with E-state index in [2.05, 4.69) is 32.2 Å². The molecule has 4 unspecified atom stereocenters. The molecule has 0 aromatic rings. The molecule has 1 aliphatic rings. The van der Waals surface area contributed by atoms with Crippen molar-refractivity contribution in [2.75, 3.05) is 0 Å². The lowest BCUT2D eigenvalue weighted by molar-refractivity contribution is 0.173. The maximum atomic E-state index is 9.36. The molecular weight excluding hydrogens is 236 g/mol. The maximum absolute atomic E-state index is 9.36. The van der Waals surface area contributed by atoms with Crippen LogP contribution in [0.25, 0.3) is 0 Å². The Kier molecular flexibility index (Phi) is 6.60. The quantitative estimate of drug-likeness (QED) is 0.647. The normalized spacial score (nSPS) is 32.1. The number of rotatable bonds is 5. The SMILES string of the molecule is CC(O)CC(S)C(C)C[C@@H]1CCCC(S)C1. The second-order valence-corrected chi connectivity index (χ2v) is 6.95. The fraction of sp³-hybridized carbons (Fsp3) is 1.00. The molecule has 5 atom stereocenters. The Morgan fingerprint density at radius 3 is 2.56 bits per heavy atom. The van der Waals surface area contributed by atoms with E-state index >= 15 is 0 Å². The minimum atomic E-state index is -0.228. The van der Waals surface area contributed by atoms with Crippen LogP contribution in [0.3, 0.4) is 0 Å². The van der Waals surface area contributed by atoms with Gasteiger partial charge in [-0.3, -0.25) is 0 Å². The Hall–Kier alpha value is 0.660. The van der Waals surface area contributed by atoms with Gasteiger partial charge in [0.15, 0.2) is 0 Å². The van der Waals surface area contributed by atoms with Gasteiger partial charge in [0.25, 0.3) is 0 Å². The summed E-state index contributed by atoms with van der Waals surface area (Å²) >= 11 is 9.20. The van der Waals surface area contributed by atoms with Crippen LogP contribution in [0.5, 0.6) is 0 Å². The highest BCUT2D eigenvalue weighted by atomic mass is 32.1. The van der Waals surface area contributed by atoms with Crippen molar-refractivity contribution < 1.29 is 5.11 Å². The summed E-state index contributed by atoms with van der Waals surface area (Å²) in [4.78, 5) is 0. The summed E-state index contributed by atoms with van der Waals surface area (Å²) in [7, 11) is 0. The van der Waals surface area contributed by atoms with Crippen LogP contribution < -0.4 is 0 Å². The first-order valence-electron chi connectivity index (χ1n) is 6.53. The van der Waals surface area contributed by atoms with Crippen LogP contribution in [0.1, 0.15) is 52.4 Å². The standard InChI is InChI=1S/C13H26OS2/c1-9(13(16)7-10(2)14)6-11-4-3-5-12(15)8-11/h9-16H,3-8H2,1-2H3/t9?,10?,11-,12?,13?/m0/s1. The van der Waals surface area contributed by atoms with Gasteiger partial charge in [-0.1, -0.05) is 19.8 Å². The monoisotopic (exact) mass is 262 g/mol. The molecular formula is C13H26OS2. The summed E-state index contributed by atoms with van der Waals surface area (Å²) in [6, 6.07) is 0. The summed E-state index contributed by atoms with van der Waals surface area (Å²) in [5, 5.41) is 10.3. The molecule has 1 N–H and O–H groups in total. The zero-order chi connectivity index (χ0) is 12.1. The van der Waals surface area contributed by atoms with E-state index in [4.69, 9.17) is 0 Å². The highest BCUT2D eigenvalue weighted by Gasteiger charge is 2.24. The summed E-state index contributed by atoms with van der Waals surface area (Å²) in [6.07, 6.45) is 7.07. The molecule has 0 heterocycles. The average molecular weight is 262 g/mol. The first-order valence-corrected chi connectivity index (χ1v) is 7.56. The second kappa shape index (κ2) is 7.17. The lowest BCUT2D eigenvalue weighted by atomic mass is 9.81. The van der Waals surface area contributed by atoms with Crippen molar-refractivity contribution in [3.05, 3.63) is 0 Å². The topological polar surface area (TPSA) is 20.2 Å². The third-order valence-electron chi connectivity index (χ3n) is 3.70. The zero-order valence-corrected chi connectivity index (χ0v) is 12.3. The minimum absolute atomic E-state index is 0.228. The molecule has 0 radical (unpaired) electrons. The van der Waals surface area contributed by atoms with Crippen molar-refractivity contribution >= 4 is 25.3 Å². The van der Waals surface area contributed by atoms with Crippen molar-refractivity contribution in [2.24, 2.45) is 11.8 Å². The predicted octanol–water partition coefficient (Wildman–Crippen LogP) is 3.57. The van der Waals surface area contributed by atoms with E-state index in [0.717, 1.165) is 12.3 Å². The highest BCUT2D eigenvalue weighted by molar-refractivity contribution is 7.81. The van der Waals surface area contributed by atoms with E-state index in [0.29, 0.717) is 16.4 Å².